The predicted octanol–water partition coefficient (Wildman–Crippen LogP) is 4.03. The second-order valence-electron chi connectivity index (χ2n) is 4.54. The van der Waals surface area contributed by atoms with E-state index in [1.807, 2.05) is 43.3 Å². The van der Waals surface area contributed by atoms with E-state index in [0.717, 1.165) is 22.1 Å². The molecule has 0 radical (unpaired) electrons. The molecule has 3 rings (SSSR count). The lowest BCUT2D eigenvalue weighted by atomic mass is 10.1. The quantitative estimate of drug-likeness (QED) is 0.529. The Morgan fingerprint density at radius 2 is 2.05 bits per heavy atom. The third-order valence-electron chi connectivity index (χ3n) is 3.18. The van der Waals surface area contributed by atoms with Crippen LogP contribution in [-0.4, -0.2) is 10.8 Å². The SMILES string of the molecule is Cc1c(C(=O)C=Cc2cccnc2)oc2ccccc12. The molecule has 0 bridgehead atoms. The van der Waals surface area contributed by atoms with E-state index >= 15 is 0 Å². The number of rotatable bonds is 3. The van der Waals surface area contributed by atoms with E-state index in [2.05, 4.69) is 4.98 Å². The van der Waals surface area contributed by atoms with E-state index in [9.17, 15) is 4.79 Å². The van der Waals surface area contributed by atoms with Gasteiger partial charge in [-0.2, -0.15) is 0 Å². The zero-order chi connectivity index (χ0) is 13.9. The van der Waals surface area contributed by atoms with Gasteiger partial charge in [0.2, 0.25) is 5.78 Å². The Labute approximate surface area is 116 Å². The number of nitrogens with zero attached hydrogens (tertiary/aromatic N) is 1. The van der Waals surface area contributed by atoms with E-state index < -0.39 is 0 Å². The lowest BCUT2D eigenvalue weighted by molar-refractivity contribution is 0.102. The van der Waals surface area contributed by atoms with Crippen LogP contribution in [0.3, 0.4) is 0 Å². The summed E-state index contributed by atoms with van der Waals surface area (Å²) >= 11 is 0. The molecule has 0 aliphatic rings. The van der Waals surface area contributed by atoms with Crippen molar-refractivity contribution in [1.82, 2.24) is 4.98 Å². The lowest BCUT2D eigenvalue weighted by Gasteiger charge is -1.93. The third kappa shape index (κ3) is 2.26. The number of benzene rings is 1. The van der Waals surface area contributed by atoms with Gasteiger partial charge in [0.25, 0.3) is 0 Å². The van der Waals surface area contributed by atoms with Crippen molar-refractivity contribution in [2.75, 3.05) is 0 Å². The van der Waals surface area contributed by atoms with Gasteiger partial charge in [0.15, 0.2) is 5.76 Å². The molecule has 2 heterocycles. The Balaban J connectivity index is 1.93. The third-order valence-corrected chi connectivity index (χ3v) is 3.18. The van der Waals surface area contributed by atoms with E-state index in [1.165, 1.54) is 6.08 Å². The number of hydrogen-bond donors (Lipinski definition) is 0. The normalized spacial score (nSPS) is 11.2. The monoisotopic (exact) mass is 263 g/mol. The number of carbonyl (C=O) groups is 1. The molecule has 1 aromatic carbocycles. The molecule has 2 aromatic heterocycles. The van der Waals surface area contributed by atoms with E-state index in [4.69, 9.17) is 4.42 Å². The molecule has 3 heteroatoms. The van der Waals surface area contributed by atoms with Gasteiger partial charge in [-0.05, 0) is 36.8 Å². The van der Waals surface area contributed by atoms with E-state index in [0.29, 0.717) is 5.76 Å². The fourth-order valence-electron chi connectivity index (χ4n) is 2.13. The molecule has 0 saturated heterocycles. The summed E-state index contributed by atoms with van der Waals surface area (Å²) in [7, 11) is 0. The van der Waals surface area contributed by atoms with Crippen LogP contribution in [-0.2, 0) is 0 Å². The van der Waals surface area contributed by atoms with Crippen LogP contribution in [0.4, 0.5) is 0 Å². The highest BCUT2D eigenvalue weighted by molar-refractivity contribution is 6.08. The van der Waals surface area contributed by atoms with Crippen LogP contribution in [0.1, 0.15) is 21.7 Å². The van der Waals surface area contributed by atoms with Gasteiger partial charge < -0.3 is 4.42 Å². The molecule has 0 amide bonds. The highest BCUT2D eigenvalue weighted by Crippen LogP contribution is 2.25. The van der Waals surface area contributed by atoms with Crippen LogP contribution >= 0.6 is 0 Å². The zero-order valence-corrected chi connectivity index (χ0v) is 11.0. The maximum absolute atomic E-state index is 12.2. The standard InChI is InChI=1S/C17H13NO2/c1-12-14-6-2-3-7-16(14)20-17(12)15(19)9-8-13-5-4-10-18-11-13/h2-11H,1H3. The molecule has 0 aliphatic heterocycles. The van der Waals surface area contributed by atoms with Gasteiger partial charge >= 0.3 is 0 Å². The van der Waals surface area contributed by atoms with Crippen molar-refractivity contribution in [3.63, 3.8) is 0 Å². The first kappa shape index (κ1) is 12.4. The van der Waals surface area contributed by atoms with Gasteiger partial charge in [0.05, 0.1) is 0 Å². The van der Waals surface area contributed by atoms with Gasteiger partial charge in [0.1, 0.15) is 5.58 Å². The number of furan rings is 1. The number of hydrogen-bond acceptors (Lipinski definition) is 3. The van der Waals surface area contributed by atoms with E-state index in [1.54, 1.807) is 18.5 Å². The van der Waals surface area contributed by atoms with Gasteiger partial charge in [-0.3, -0.25) is 9.78 Å². The fourth-order valence-corrected chi connectivity index (χ4v) is 2.13. The van der Waals surface area contributed by atoms with Crippen molar-refractivity contribution in [2.45, 2.75) is 6.92 Å². The van der Waals surface area contributed by atoms with Gasteiger partial charge in [-0.1, -0.05) is 24.3 Å². The van der Waals surface area contributed by atoms with Gasteiger partial charge in [0, 0.05) is 23.3 Å². The molecule has 0 spiro atoms. The molecule has 3 aromatic rings. The lowest BCUT2D eigenvalue weighted by Crippen LogP contribution is -1.93. The molecule has 0 atom stereocenters. The second kappa shape index (κ2) is 5.13. The summed E-state index contributed by atoms with van der Waals surface area (Å²) in [6, 6.07) is 11.4. The summed E-state index contributed by atoms with van der Waals surface area (Å²) in [5, 5.41) is 0.977. The van der Waals surface area contributed by atoms with Gasteiger partial charge in [-0.15, -0.1) is 0 Å². The van der Waals surface area contributed by atoms with E-state index in [-0.39, 0.29) is 5.78 Å². The molecule has 20 heavy (non-hydrogen) atoms. The summed E-state index contributed by atoms with van der Waals surface area (Å²) < 4.78 is 5.63. The average molecular weight is 263 g/mol. The number of aromatic nitrogens is 1. The van der Waals surface area contributed by atoms with Gasteiger partial charge in [-0.25, -0.2) is 0 Å². The molecule has 0 saturated carbocycles. The summed E-state index contributed by atoms with van der Waals surface area (Å²) in [5.74, 6) is 0.258. The largest absolute Gasteiger partial charge is 0.452 e. The van der Waals surface area contributed by atoms with Crippen LogP contribution in [0.2, 0.25) is 0 Å². The van der Waals surface area contributed by atoms with Crippen LogP contribution in [0.5, 0.6) is 0 Å². The minimum absolute atomic E-state index is 0.137. The summed E-state index contributed by atoms with van der Waals surface area (Å²) in [5.41, 5.74) is 2.50. The number of carbonyl (C=O) groups excluding carboxylic acids is 1. The first-order valence-corrected chi connectivity index (χ1v) is 6.36. The topological polar surface area (TPSA) is 43.1 Å². The fraction of sp³-hybridized carbons (Fsp3) is 0.0588. The summed E-state index contributed by atoms with van der Waals surface area (Å²) in [6.45, 7) is 1.90. The Bertz CT molecular complexity index is 785. The zero-order valence-electron chi connectivity index (χ0n) is 11.0. The molecule has 0 fully saturated rings. The molecule has 0 aliphatic carbocycles. The van der Waals surface area contributed by atoms with Crippen molar-refractivity contribution in [2.24, 2.45) is 0 Å². The summed E-state index contributed by atoms with van der Waals surface area (Å²) in [6.07, 6.45) is 6.65. The molecule has 0 unspecified atom stereocenters. The Morgan fingerprint density at radius 1 is 1.20 bits per heavy atom. The molecular weight excluding hydrogens is 250 g/mol. The second-order valence-corrected chi connectivity index (χ2v) is 4.54. The number of ketones is 1. The Hall–Kier alpha value is -2.68. The molecule has 98 valence electrons. The van der Waals surface area contributed by atoms with Crippen LogP contribution in [0, 0.1) is 6.92 Å². The Morgan fingerprint density at radius 3 is 2.80 bits per heavy atom. The number of aryl methyl sites for hydroxylation is 1. The summed E-state index contributed by atoms with van der Waals surface area (Å²) in [4.78, 5) is 16.2. The maximum Gasteiger partial charge on any atom is 0.221 e. The highest BCUT2D eigenvalue weighted by atomic mass is 16.3. The average Bonchev–Trinajstić information content (AvgIpc) is 2.84. The van der Waals surface area contributed by atoms with Crippen LogP contribution < -0.4 is 0 Å². The maximum atomic E-state index is 12.2. The van der Waals surface area contributed by atoms with Crippen molar-refractivity contribution in [3.8, 4) is 0 Å². The minimum atomic E-state index is -0.137. The molecule has 3 nitrogen and oxygen atoms in total. The molecule has 0 N–H and O–H groups in total. The number of para-hydroxylation sites is 1. The first-order chi connectivity index (χ1) is 9.75. The number of allylic oxidation sites excluding steroid dienone is 1. The first-order valence-electron chi connectivity index (χ1n) is 6.36. The highest BCUT2D eigenvalue weighted by Gasteiger charge is 2.14. The Kier molecular flexibility index (Phi) is 3.17. The van der Waals surface area contributed by atoms with Crippen molar-refractivity contribution < 1.29 is 9.21 Å². The van der Waals surface area contributed by atoms with Crippen molar-refractivity contribution in [1.29, 1.82) is 0 Å². The minimum Gasteiger partial charge on any atom is -0.452 e. The predicted molar refractivity (Wildman–Crippen MR) is 78.6 cm³/mol. The number of fused-ring (bicyclic) bond motifs is 1. The van der Waals surface area contributed by atoms with Crippen LogP contribution in [0.25, 0.3) is 17.0 Å². The molecular formula is C17H13NO2. The smallest absolute Gasteiger partial charge is 0.221 e. The van der Waals surface area contributed by atoms with Crippen molar-refractivity contribution in [3.05, 3.63) is 71.8 Å². The van der Waals surface area contributed by atoms with Crippen molar-refractivity contribution >= 4 is 22.8 Å². The van der Waals surface area contributed by atoms with Crippen LogP contribution in [0.15, 0.2) is 59.3 Å². The number of pyridine rings is 1.